The van der Waals surface area contributed by atoms with Gasteiger partial charge in [-0.3, -0.25) is 0 Å². The summed E-state index contributed by atoms with van der Waals surface area (Å²) >= 11 is 0. The van der Waals surface area contributed by atoms with Gasteiger partial charge in [0.2, 0.25) is 0 Å². The summed E-state index contributed by atoms with van der Waals surface area (Å²) in [7, 11) is 0. The first-order valence-electron chi connectivity index (χ1n) is 8.89. The molecule has 3 rings (SSSR count). The average Bonchev–Trinajstić information content (AvgIpc) is 2.76. The van der Waals surface area contributed by atoms with Gasteiger partial charge >= 0.3 is 0 Å². The molecule has 0 saturated heterocycles. The first-order chi connectivity index (χ1) is 13.3. The highest BCUT2D eigenvalue weighted by molar-refractivity contribution is 6.03. The molecule has 0 spiro atoms. The Bertz CT molecular complexity index is 834. The lowest BCUT2D eigenvalue weighted by atomic mass is 9.85. The molecule has 0 amide bonds. The van der Waals surface area contributed by atoms with Crippen LogP contribution in [-0.2, 0) is 0 Å². The molecule has 0 heterocycles. The van der Waals surface area contributed by atoms with Crippen molar-refractivity contribution in [2.75, 3.05) is 0 Å². The van der Waals surface area contributed by atoms with E-state index in [2.05, 4.69) is 10.3 Å². The number of benzene rings is 3. The molecule has 3 aromatic rings. The van der Waals surface area contributed by atoms with Crippen LogP contribution in [0, 0.1) is 0 Å². The van der Waals surface area contributed by atoms with Gasteiger partial charge in [0.15, 0.2) is 0 Å². The van der Waals surface area contributed by atoms with Gasteiger partial charge in [-0.1, -0.05) is 101 Å². The van der Waals surface area contributed by atoms with E-state index in [9.17, 15) is 10.4 Å². The first-order valence-corrected chi connectivity index (χ1v) is 8.89. The molecule has 27 heavy (non-hydrogen) atoms. The van der Waals surface area contributed by atoms with Gasteiger partial charge in [-0.15, -0.1) is 0 Å². The van der Waals surface area contributed by atoms with Crippen LogP contribution in [0.25, 0.3) is 0 Å². The third-order valence-electron chi connectivity index (χ3n) is 4.61. The van der Waals surface area contributed by atoms with Gasteiger partial charge in [0, 0.05) is 12.8 Å². The maximum absolute atomic E-state index is 9.59. The van der Waals surface area contributed by atoms with Crippen LogP contribution in [0.1, 0.15) is 35.4 Å². The Morgan fingerprint density at radius 3 is 1.33 bits per heavy atom. The second kappa shape index (κ2) is 9.34. The van der Waals surface area contributed by atoms with Crippen molar-refractivity contribution in [1.29, 1.82) is 0 Å². The van der Waals surface area contributed by atoms with Crippen LogP contribution in [-0.4, -0.2) is 21.8 Å². The fourth-order valence-electron chi connectivity index (χ4n) is 3.19. The third kappa shape index (κ3) is 4.82. The highest BCUT2D eigenvalue weighted by Gasteiger charge is 2.20. The predicted octanol–water partition coefficient (Wildman–Crippen LogP) is 5.31. The first kappa shape index (κ1) is 18.4. The molecule has 0 radical (unpaired) electrons. The van der Waals surface area contributed by atoms with E-state index < -0.39 is 0 Å². The summed E-state index contributed by atoms with van der Waals surface area (Å²) in [6, 6.07) is 29.3. The molecule has 0 aliphatic carbocycles. The summed E-state index contributed by atoms with van der Waals surface area (Å²) in [4.78, 5) is 0. The summed E-state index contributed by atoms with van der Waals surface area (Å²) in [6.45, 7) is 0. The van der Waals surface area contributed by atoms with Gasteiger partial charge in [0.25, 0.3) is 0 Å². The highest BCUT2D eigenvalue weighted by atomic mass is 16.4. The summed E-state index contributed by atoms with van der Waals surface area (Å²) in [5.74, 6) is 0.00316. The predicted molar refractivity (Wildman–Crippen MR) is 108 cm³/mol. The molecule has 136 valence electrons. The van der Waals surface area contributed by atoms with Crippen molar-refractivity contribution in [2.24, 2.45) is 10.3 Å². The van der Waals surface area contributed by atoms with E-state index in [-0.39, 0.29) is 5.92 Å². The molecule has 2 N–H and O–H groups in total. The molecule has 0 bridgehead atoms. The van der Waals surface area contributed by atoms with Crippen molar-refractivity contribution in [1.82, 2.24) is 0 Å². The van der Waals surface area contributed by atoms with E-state index in [1.807, 2.05) is 91.0 Å². The van der Waals surface area contributed by atoms with Crippen LogP contribution in [0.15, 0.2) is 101 Å². The molecule has 3 aromatic carbocycles. The Balaban J connectivity index is 1.90. The summed E-state index contributed by atoms with van der Waals surface area (Å²) < 4.78 is 0. The zero-order valence-electron chi connectivity index (χ0n) is 14.9. The second-order valence-electron chi connectivity index (χ2n) is 6.34. The Kier molecular flexibility index (Phi) is 6.36. The number of oxime groups is 2. The molecule has 0 aliphatic heterocycles. The van der Waals surface area contributed by atoms with E-state index in [0.29, 0.717) is 24.3 Å². The fraction of sp³-hybridized carbons (Fsp3) is 0.130. The molecule has 0 unspecified atom stereocenters. The van der Waals surface area contributed by atoms with Crippen molar-refractivity contribution in [3.63, 3.8) is 0 Å². The largest absolute Gasteiger partial charge is 0.411 e. The van der Waals surface area contributed by atoms with E-state index in [1.165, 1.54) is 0 Å². The smallest absolute Gasteiger partial charge is 0.0874 e. The minimum atomic E-state index is 0.00316. The van der Waals surface area contributed by atoms with Crippen LogP contribution < -0.4 is 0 Å². The zero-order valence-corrected chi connectivity index (χ0v) is 14.9. The summed E-state index contributed by atoms with van der Waals surface area (Å²) in [6.07, 6.45) is 1.05. The van der Waals surface area contributed by atoms with Crippen molar-refractivity contribution in [2.45, 2.75) is 18.8 Å². The molecule has 0 aromatic heterocycles. The minimum absolute atomic E-state index is 0.00316. The lowest BCUT2D eigenvalue weighted by Gasteiger charge is -2.19. The van der Waals surface area contributed by atoms with E-state index in [4.69, 9.17) is 0 Å². The van der Waals surface area contributed by atoms with Gasteiger partial charge in [-0.05, 0) is 22.6 Å². The van der Waals surface area contributed by atoms with Gasteiger partial charge in [0.1, 0.15) is 0 Å². The molecule has 4 nitrogen and oxygen atoms in total. The van der Waals surface area contributed by atoms with Crippen molar-refractivity contribution >= 4 is 11.4 Å². The summed E-state index contributed by atoms with van der Waals surface area (Å²) in [5.41, 5.74) is 4.07. The Hall–Kier alpha value is -3.40. The fourth-order valence-corrected chi connectivity index (χ4v) is 3.19. The third-order valence-corrected chi connectivity index (χ3v) is 4.61. The van der Waals surface area contributed by atoms with Crippen LogP contribution in [0.2, 0.25) is 0 Å². The monoisotopic (exact) mass is 358 g/mol. The number of hydrogen-bond donors (Lipinski definition) is 2. The lowest BCUT2D eigenvalue weighted by molar-refractivity contribution is 0.316. The Labute approximate surface area is 159 Å². The zero-order chi connectivity index (χ0) is 18.9. The molecule has 0 aliphatic rings. The molecule has 0 fully saturated rings. The number of nitrogens with zero attached hydrogens (tertiary/aromatic N) is 2. The highest BCUT2D eigenvalue weighted by Crippen LogP contribution is 2.28. The van der Waals surface area contributed by atoms with Crippen molar-refractivity contribution in [3.8, 4) is 0 Å². The van der Waals surface area contributed by atoms with Gasteiger partial charge in [-0.2, -0.15) is 0 Å². The lowest BCUT2D eigenvalue weighted by Crippen LogP contribution is -2.14. The molecular weight excluding hydrogens is 336 g/mol. The standard InChI is InChI=1S/C23H22N2O2/c26-24-22(19-12-6-2-7-13-19)16-21(18-10-4-1-5-11-18)17-23(25-27)20-14-8-3-9-15-20/h1-15,21,26-27H,16-17H2/b24-22-,25-23-. The van der Waals surface area contributed by atoms with Crippen LogP contribution in [0.4, 0.5) is 0 Å². The van der Waals surface area contributed by atoms with Gasteiger partial charge in [0.05, 0.1) is 11.4 Å². The van der Waals surface area contributed by atoms with Crippen molar-refractivity contribution in [3.05, 3.63) is 108 Å². The van der Waals surface area contributed by atoms with Gasteiger partial charge < -0.3 is 10.4 Å². The normalized spacial score (nSPS) is 12.3. The van der Waals surface area contributed by atoms with Crippen LogP contribution in [0.5, 0.6) is 0 Å². The van der Waals surface area contributed by atoms with Gasteiger partial charge in [-0.25, -0.2) is 0 Å². The van der Waals surface area contributed by atoms with E-state index >= 15 is 0 Å². The average molecular weight is 358 g/mol. The summed E-state index contributed by atoms with van der Waals surface area (Å²) in [5, 5.41) is 26.3. The van der Waals surface area contributed by atoms with E-state index in [0.717, 1.165) is 16.7 Å². The maximum atomic E-state index is 9.59. The molecular formula is C23H22N2O2. The maximum Gasteiger partial charge on any atom is 0.0874 e. The molecule has 4 heteroatoms. The van der Waals surface area contributed by atoms with Crippen LogP contribution >= 0.6 is 0 Å². The van der Waals surface area contributed by atoms with Crippen LogP contribution in [0.3, 0.4) is 0 Å². The Morgan fingerprint density at radius 2 is 0.963 bits per heavy atom. The Morgan fingerprint density at radius 1 is 0.593 bits per heavy atom. The topological polar surface area (TPSA) is 65.2 Å². The SMILES string of the molecule is O/N=C(/CC(C/C(=N/O)c1ccccc1)c1ccccc1)c1ccccc1. The second-order valence-corrected chi connectivity index (χ2v) is 6.34. The minimum Gasteiger partial charge on any atom is -0.411 e. The van der Waals surface area contributed by atoms with E-state index in [1.54, 1.807) is 0 Å². The number of hydrogen-bond acceptors (Lipinski definition) is 4. The molecule has 0 atom stereocenters. The van der Waals surface area contributed by atoms with Crippen molar-refractivity contribution < 1.29 is 10.4 Å². The molecule has 0 saturated carbocycles. The quantitative estimate of drug-likeness (QED) is 0.342. The number of rotatable bonds is 7.